The molecular formula is C13H24O. The molecule has 82 valence electrons. The summed E-state index contributed by atoms with van der Waals surface area (Å²) in [6.45, 7) is 6.91. The second-order valence-corrected chi connectivity index (χ2v) is 6.05. The molecule has 0 amide bonds. The van der Waals surface area contributed by atoms with Crippen molar-refractivity contribution in [3.05, 3.63) is 0 Å². The van der Waals surface area contributed by atoms with Crippen LogP contribution in [0.25, 0.3) is 0 Å². The van der Waals surface area contributed by atoms with E-state index in [1.165, 1.54) is 25.7 Å². The summed E-state index contributed by atoms with van der Waals surface area (Å²) in [6.07, 6.45) is 7.03. The number of rotatable bonds is 3. The smallest absolute Gasteiger partial charge is 0.0681 e. The Hall–Kier alpha value is -0.0400. The average molecular weight is 196 g/mol. The molecule has 14 heavy (non-hydrogen) atoms. The second kappa shape index (κ2) is 3.23. The number of hydrogen-bond acceptors (Lipinski definition) is 1. The van der Waals surface area contributed by atoms with Crippen molar-refractivity contribution in [1.82, 2.24) is 0 Å². The zero-order valence-corrected chi connectivity index (χ0v) is 9.84. The van der Waals surface area contributed by atoms with Crippen LogP contribution >= 0.6 is 0 Å². The first-order chi connectivity index (χ1) is 6.50. The van der Waals surface area contributed by atoms with Gasteiger partial charge in [-0.05, 0) is 42.9 Å². The average Bonchev–Trinajstić information content (AvgIpc) is 2.14. The molecule has 3 unspecified atom stereocenters. The van der Waals surface area contributed by atoms with Crippen LogP contribution in [0, 0.1) is 17.3 Å². The van der Waals surface area contributed by atoms with Crippen molar-refractivity contribution in [2.45, 2.75) is 64.9 Å². The second-order valence-electron chi connectivity index (χ2n) is 6.05. The molecular weight excluding hydrogens is 172 g/mol. The minimum Gasteiger partial charge on any atom is -0.390 e. The van der Waals surface area contributed by atoms with Gasteiger partial charge in [-0.3, -0.25) is 0 Å². The van der Waals surface area contributed by atoms with Crippen molar-refractivity contribution in [2.24, 2.45) is 17.3 Å². The fourth-order valence-electron chi connectivity index (χ4n) is 3.80. The van der Waals surface area contributed by atoms with Crippen molar-refractivity contribution >= 4 is 0 Å². The molecule has 0 heterocycles. The first kappa shape index (κ1) is 10.5. The fourth-order valence-corrected chi connectivity index (χ4v) is 3.80. The Kier molecular flexibility index (Phi) is 2.42. The SMILES string of the molecule is CCCCC1(O)CCC2CC1C2(C)C. The summed E-state index contributed by atoms with van der Waals surface area (Å²) in [5.74, 6) is 1.48. The van der Waals surface area contributed by atoms with E-state index in [-0.39, 0.29) is 5.60 Å². The fraction of sp³-hybridized carbons (Fsp3) is 1.00. The molecule has 3 fully saturated rings. The summed E-state index contributed by atoms with van der Waals surface area (Å²) >= 11 is 0. The monoisotopic (exact) mass is 196 g/mol. The van der Waals surface area contributed by atoms with E-state index in [9.17, 15) is 5.11 Å². The van der Waals surface area contributed by atoms with Crippen LogP contribution in [0.2, 0.25) is 0 Å². The van der Waals surface area contributed by atoms with Gasteiger partial charge in [0.15, 0.2) is 0 Å². The van der Waals surface area contributed by atoms with Crippen molar-refractivity contribution in [2.75, 3.05) is 0 Å². The molecule has 3 aliphatic rings. The maximum absolute atomic E-state index is 10.6. The van der Waals surface area contributed by atoms with Crippen LogP contribution in [0.4, 0.5) is 0 Å². The Bertz CT molecular complexity index is 219. The van der Waals surface area contributed by atoms with Crippen LogP contribution in [-0.4, -0.2) is 10.7 Å². The molecule has 3 rings (SSSR count). The lowest BCUT2D eigenvalue weighted by Crippen LogP contribution is -2.61. The van der Waals surface area contributed by atoms with E-state index in [1.807, 2.05) is 0 Å². The minimum atomic E-state index is -0.311. The standard InChI is InChI=1S/C13H24O/c1-4-5-7-13(14)8-6-10-9-11(13)12(10,2)3/h10-11,14H,4-9H2,1-3H3. The normalized spacial score (nSPS) is 44.6. The summed E-state index contributed by atoms with van der Waals surface area (Å²) < 4.78 is 0. The van der Waals surface area contributed by atoms with Crippen molar-refractivity contribution in [1.29, 1.82) is 0 Å². The van der Waals surface area contributed by atoms with Gasteiger partial charge in [0.2, 0.25) is 0 Å². The first-order valence-electron chi connectivity index (χ1n) is 6.23. The number of fused-ring (bicyclic) bond motifs is 2. The zero-order chi connectivity index (χ0) is 10.4. The zero-order valence-electron chi connectivity index (χ0n) is 9.84. The molecule has 0 aromatic carbocycles. The molecule has 3 saturated carbocycles. The van der Waals surface area contributed by atoms with Crippen LogP contribution in [0.5, 0.6) is 0 Å². The van der Waals surface area contributed by atoms with Crippen molar-refractivity contribution < 1.29 is 5.11 Å². The first-order valence-corrected chi connectivity index (χ1v) is 6.23. The van der Waals surface area contributed by atoms with Crippen molar-refractivity contribution in [3.8, 4) is 0 Å². The molecule has 0 spiro atoms. The number of hydrogen-bond donors (Lipinski definition) is 1. The van der Waals surface area contributed by atoms with E-state index in [1.54, 1.807) is 0 Å². The molecule has 3 atom stereocenters. The molecule has 0 aliphatic heterocycles. The predicted molar refractivity (Wildman–Crippen MR) is 59.1 cm³/mol. The van der Waals surface area contributed by atoms with E-state index in [0.29, 0.717) is 11.3 Å². The lowest BCUT2D eigenvalue weighted by atomic mass is 9.43. The van der Waals surface area contributed by atoms with Crippen molar-refractivity contribution in [3.63, 3.8) is 0 Å². The molecule has 0 saturated heterocycles. The van der Waals surface area contributed by atoms with Crippen LogP contribution in [-0.2, 0) is 0 Å². The predicted octanol–water partition coefficient (Wildman–Crippen LogP) is 3.36. The summed E-state index contributed by atoms with van der Waals surface area (Å²) in [5.41, 5.74) is 0.106. The Morgan fingerprint density at radius 3 is 2.57 bits per heavy atom. The largest absolute Gasteiger partial charge is 0.390 e. The summed E-state index contributed by atoms with van der Waals surface area (Å²) in [7, 11) is 0. The lowest BCUT2D eigenvalue weighted by Gasteiger charge is -2.63. The van der Waals surface area contributed by atoms with E-state index in [2.05, 4.69) is 20.8 Å². The molecule has 3 aliphatic carbocycles. The van der Waals surface area contributed by atoms with Gasteiger partial charge in [-0.25, -0.2) is 0 Å². The van der Waals surface area contributed by atoms with E-state index in [0.717, 1.165) is 18.8 Å². The third-order valence-corrected chi connectivity index (χ3v) is 5.01. The topological polar surface area (TPSA) is 20.2 Å². The van der Waals surface area contributed by atoms with Crippen LogP contribution in [0.15, 0.2) is 0 Å². The highest BCUT2D eigenvalue weighted by atomic mass is 16.3. The van der Waals surface area contributed by atoms with E-state index in [4.69, 9.17) is 0 Å². The van der Waals surface area contributed by atoms with Crippen LogP contribution < -0.4 is 0 Å². The van der Waals surface area contributed by atoms with Gasteiger partial charge in [-0.15, -0.1) is 0 Å². The molecule has 0 aromatic rings. The summed E-state index contributed by atoms with van der Waals surface area (Å²) in [5, 5.41) is 10.6. The van der Waals surface area contributed by atoms with Gasteiger partial charge in [-0.2, -0.15) is 0 Å². The van der Waals surface area contributed by atoms with Gasteiger partial charge in [0, 0.05) is 0 Å². The Balaban J connectivity index is 2.05. The van der Waals surface area contributed by atoms with Gasteiger partial charge >= 0.3 is 0 Å². The Labute approximate surface area is 87.9 Å². The molecule has 0 radical (unpaired) electrons. The van der Waals surface area contributed by atoms with Gasteiger partial charge < -0.3 is 5.11 Å². The molecule has 2 bridgehead atoms. The molecule has 1 N–H and O–H groups in total. The third-order valence-electron chi connectivity index (χ3n) is 5.01. The molecule has 1 nitrogen and oxygen atoms in total. The Morgan fingerprint density at radius 2 is 2.07 bits per heavy atom. The van der Waals surface area contributed by atoms with Gasteiger partial charge in [0.25, 0.3) is 0 Å². The highest BCUT2D eigenvalue weighted by Gasteiger charge is 2.59. The summed E-state index contributed by atoms with van der Waals surface area (Å²) in [6, 6.07) is 0. The third kappa shape index (κ3) is 1.32. The number of unbranched alkanes of at least 4 members (excludes halogenated alkanes) is 1. The van der Waals surface area contributed by atoms with Gasteiger partial charge in [-0.1, -0.05) is 33.6 Å². The summed E-state index contributed by atoms with van der Waals surface area (Å²) in [4.78, 5) is 0. The highest BCUT2D eigenvalue weighted by molar-refractivity contribution is 5.10. The van der Waals surface area contributed by atoms with Gasteiger partial charge in [0.05, 0.1) is 5.60 Å². The molecule has 0 aromatic heterocycles. The van der Waals surface area contributed by atoms with Crippen LogP contribution in [0.3, 0.4) is 0 Å². The van der Waals surface area contributed by atoms with E-state index >= 15 is 0 Å². The Morgan fingerprint density at radius 1 is 1.36 bits per heavy atom. The number of aliphatic hydroxyl groups is 1. The maximum atomic E-state index is 10.6. The lowest BCUT2D eigenvalue weighted by molar-refractivity contribution is -0.204. The maximum Gasteiger partial charge on any atom is 0.0681 e. The van der Waals surface area contributed by atoms with E-state index < -0.39 is 0 Å². The molecule has 1 heteroatoms. The minimum absolute atomic E-state index is 0.311. The highest BCUT2D eigenvalue weighted by Crippen LogP contribution is 2.63. The van der Waals surface area contributed by atoms with Gasteiger partial charge in [0.1, 0.15) is 0 Å². The van der Waals surface area contributed by atoms with Crippen LogP contribution in [0.1, 0.15) is 59.3 Å². The quantitative estimate of drug-likeness (QED) is 0.734.